The van der Waals surface area contributed by atoms with E-state index in [-0.39, 0.29) is 31.9 Å². The summed E-state index contributed by atoms with van der Waals surface area (Å²) in [6.45, 7) is 3.05. The topological polar surface area (TPSA) is 151 Å². The highest BCUT2D eigenvalue weighted by atomic mass is 16.6. The summed E-state index contributed by atoms with van der Waals surface area (Å²) in [5.41, 5.74) is 0. The average molecular weight is 617 g/mol. The van der Waals surface area contributed by atoms with E-state index in [9.17, 15) is 29.4 Å². The van der Waals surface area contributed by atoms with E-state index >= 15 is 0 Å². The molecule has 44 heavy (non-hydrogen) atoms. The van der Waals surface area contributed by atoms with Crippen LogP contribution in [0.2, 0.25) is 0 Å². The fourth-order valence-electron chi connectivity index (χ4n) is 3.55. The number of unbranched alkanes of at least 4 members (excludes halogenated alkanes) is 1. The van der Waals surface area contributed by atoms with Crippen LogP contribution in [0.4, 0.5) is 0 Å². The molecule has 0 aromatic heterocycles. The van der Waals surface area contributed by atoms with Gasteiger partial charge in [-0.15, -0.1) is 0 Å². The molecule has 0 aromatic carbocycles. The van der Waals surface area contributed by atoms with Gasteiger partial charge in [0.15, 0.2) is 0 Å². The number of allylic oxidation sites excluding steroid dienone is 10. The fraction of sp³-hybridized carbons (Fsp3) is 0.529. The van der Waals surface area contributed by atoms with Gasteiger partial charge in [0.25, 0.3) is 0 Å². The Morgan fingerprint density at radius 2 is 1.32 bits per heavy atom. The largest absolute Gasteiger partial charge is 0.463 e. The zero-order chi connectivity index (χ0) is 32.7. The second-order valence-corrected chi connectivity index (χ2v) is 9.66. The maximum atomic E-state index is 12.6. The Labute approximate surface area is 262 Å². The van der Waals surface area contributed by atoms with Crippen molar-refractivity contribution in [2.75, 3.05) is 26.4 Å². The van der Waals surface area contributed by atoms with Crippen LogP contribution in [0, 0.1) is 0 Å². The van der Waals surface area contributed by atoms with Crippen molar-refractivity contribution in [3.05, 3.63) is 72.9 Å². The van der Waals surface area contributed by atoms with Gasteiger partial charge in [0.1, 0.15) is 12.1 Å². The molecule has 0 heterocycles. The molecule has 0 fully saturated rings. The van der Waals surface area contributed by atoms with Gasteiger partial charge in [-0.1, -0.05) is 67.7 Å². The SMILES string of the molecule is CCC=CCC=CCC=CCC=CCC=CCCCC(=O)N[C@@H](CCCNC(=O)C=CC(=O)OCC)C(=O)OC(CO)CO. The number of hydrogen-bond acceptors (Lipinski definition) is 8. The predicted octanol–water partition coefficient (Wildman–Crippen LogP) is 4.31. The van der Waals surface area contributed by atoms with Crippen LogP contribution in [0.3, 0.4) is 0 Å². The lowest BCUT2D eigenvalue weighted by atomic mass is 10.1. The summed E-state index contributed by atoms with van der Waals surface area (Å²) in [5, 5.41) is 23.7. The number of ether oxygens (including phenoxy) is 2. The van der Waals surface area contributed by atoms with Crippen molar-refractivity contribution in [2.45, 2.75) is 90.2 Å². The molecule has 1 atom stereocenters. The number of carbonyl (C=O) groups excluding carboxylic acids is 4. The van der Waals surface area contributed by atoms with Gasteiger partial charge in [0.2, 0.25) is 11.8 Å². The molecule has 0 saturated carbocycles. The molecule has 0 aliphatic rings. The Balaban J connectivity index is 4.45. The van der Waals surface area contributed by atoms with Crippen molar-refractivity contribution < 1.29 is 38.9 Å². The Hall–Kier alpha value is -3.76. The summed E-state index contributed by atoms with van der Waals surface area (Å²) in [4.78, 5) is 48.2. The highest BCUT2D eigenvalue weighted by molar-refractivity contribution is 5.94. The first-order valence-electron chi connectivity index (χ1n) is 15.5. The van der Waals surface area contributed by atoms with Gasteiger partial charge in [-0.3, -0.25) is 9.59 Å². The first kappa shape index (κ1) is 40.2. The minimum absolute atomic E-state index is 0.158. The van der Waals surface area contributed by atoms with Crippen LogP contribution in [0.1, 0.15) is 78.1 Å². The first-order valence-corrected chi connectivity index (χ1v) is 15.5. The molecule has 4 N–H and O–H groups in total. The van der Waals surface area contributed by atoms with Gasteiger partial charge < -0.3 is 30.3 Å². The fourth-order valence-corrected chi connectivity index (χ4v) is 3.55. The normalized spacial score (nSPS) is 12.8. The quantitative estimate of drug-likeness (QED) is 0.0513. The lowest BCUT2D eigenvalue weighted by Gasteiger charge is -2.20. The molecule has 10 heteroatoms. The van der Waals surface area contributed by atoms with E-state index in [0.29, 0.717) is 19.3 Å². The first-order chi connectivity index (χ1) is 21.4. The van der Waals surface area contributed by atoms with Crippen LogP contribution >= 0.6 is 0 Å². The average Bonchev–Trinajstić information content (AvgIpc) is 3.01. The standard InChI is InChI=1S/C34H52N2O8/c1-3-5-6-7-8-9-10-11-12-13-14-15-16-17-18-19-20-23-32(40)36-30(34(42)44-29(27-37)28-38)22-21-26-35-31(39)24-25-33(41)43-4-2/h5-6,8-9,11-12,14-15,17-18,24-25,29-30,37-38H,3-4,7,10,13,16,19-23,26-28H2,1-2H3,(H,35,39)(H,36,40)/t30-/m0/s1. The number of hydrogen-bond donors (Lipinski definition) is 4. The molecule has 0 radical (unpaired) electrons. The van der Waals surface area contributed by atoms with Crippen LogP contribution in [0.5, 0.6) is 0 Å². The molecule has 246 valence electrons. The molecule has 2 amide bonds. The van der Waals surface area contributed by atoms with Crippen molar-refractivity contribution in [3.8, 4) is 0 Å². The van der Waals surface area contributed by atoms with E-state index in [0.717, 1.165) is 44.3 Å². The minimum Gasteiger partial charge on any atom is -0.463 e. The van der Waals surface area contributed by atoms with Gasteiger partial charge in [0.05, 0.1) is 19.8 Å². The predicted molar refractivity (Wildman–Crippen MR) is 172 cm³/mol. The van der Waals surface area contributed by atoms with Gasteiger partial charge in [-0.2, -0.15) is 0 Å². The van der Waals surface area contributed by atoms with Crippen molar-refractivity contribution in [1.82, 2.24) is 10.6 Å². The Kier molecular flexibility index (Phi) is 26.8. The van der Waals surface area contributed by atoms with Crippen molar-refractivity contribution >= 4 is 23.8 Å². The molecule has 0 aromatic rings. The number of carbonyl (C=O) groups is 4. The number of nitrogens with one attached hydrogen (secondary N) is 2. The molecule has 0 unspecified atom stereocenters. The molecule has 0 bridgehead atoms. The van der Waals surface area contributed by atoms with Gasteiger partial charge in [0, 0.05) is 25.1 Å². The minimum atomic E-state index is -1.09. The maximum Gasteiger partial charge on any atom is 0.330 e. The number of esters is 2. The van der Waals surface area contributed by atoms with E-state index < -0.39 is 43.2 Å². The summed E-state index contributed by atoms with van der Waals surface area (Å²) >= 11 is 0. The van der Waals surface area contributed by atoms with E-state index in [1.54, 1.807) is 6.92 Å². The molecule has 10 nitrogen and oxygen atoms in total. The summed E-state index contributed by atoms with van der Waals surface area (Å²) in [5.74, 6) is -2.24. The molecule has 0 spiro atoms. The summed E-state index contributed by atoms with van der Waals surface area (Å²) in [7, 11) is 0. The van der Waals surface area contributed by atoms with Gasteiger partial charge in [-0.25, -0.2) is 9.59 Å². The molecular weight excluding hydrogens is 564 g/mol. The van der Waals surface area contributed by atoms with E-state index in [1.165, 1.54) is 0 Å². The smallest absolute Gasteiger partial charge is 0.330 e. The molecule has 0 rings (SSSR count). The number of amides is 2. The summed E-state index contributed by atoms with van der Waals surface area (Å²) < 4.78 is 9.79. The third-order valence-electron chi connectivity index (χ3n) is 5.87. The van der Waals surface area contributed by atoms with Crippen LogP contribution in [-0.4, -0.2) is 72.5 Å². The maximum absolute atomic E-state index is 12.6. The third-order valence-corrected chi connectivity index (χ3v) is 5.87. The lowest BCUT2D eigenvalue weighted by Crippen LogP contribution is -2.44. The second kappa shape index (κ2) is 29.3. The zero-order valence-corrected chi connectivity index (χ0v) is 26.3. The molecular formula is C34H52N2O8. The Bertz CT molecular complexity index is 978. The number of aliphatic hydroxyl groups excluding tert-OH is 2. The highest BCUT2D eigenvalue weighted by Crippen LogP contribution is 2.06. The number of aliphatic hydroxyl groups is 2. The summed E-state index contributed by atoms with van der Waals surface area (Å²) in [6.07, 6.45) is 28.9. The van der Waals surface area contributed by atoms with Crippen molar-refractivity contribution in [3.63, 3.8) is 0 Å². The zero-order valence-electron chi connectivity index (χ0n) is 26.3. The number of rotatable bonds is 25. The Morgan fingerprint density at radius 1 is 0.750 bits per heavy atom. The van der Waals surface area contributed by atoms with E-state index in [1.807, 2.05) is 12.2 Å². The van der Waals surface area contributed by atoms with Gasteiger partial charge >= 0.3 is 11.9 Å². The molecule has 0 aliphatic carbocycles. The van der Waals surface area contributed by atoms with Crippen LogP contribution < -0.4 is 10.6 Å². The Morgan fingerprint density at radius 3 is 1.86 bits per heavy atom. The lowest BCUT2D eigenvalue weighted by molar-refractivity contribution is -0.157. The monoisotopic (exact) mass is 616 g/mol. The van der Waals surface area contributed by atoms with Gasteiger partial charge in [-0.05, 0) is 64.7 Å². The van der Waals surface area contributed by atoms with E-state index in [2.05, 4.69) is 66.2 Å². The molecule has 0 saturated heterocycles. The second-order valence-electron chi connectivity index (χ2n) is 9.66. The highest BCUT2D eigenvalue weighted by Gasteiger charge is 2.24. The van der Waals surface area contributed by atoms with Crippen molar-refractivity contribution in [2.24, 2.45) is 0 Å². The van der Waals surface area contributed by atoms with Crippen LogP contribution in [0.15, 0.2) is 72.9 Å². The summed E-state index contributed by atoms with van der Waals surface area (Å²) in [6, 6.07) is -1.01. The third kappa shape index (κ3) is 24.8. The van der Waals surface area contributed by atoms with Crippen LogP contribution in [-0.2, 0) is 28.7 Å². The van der Waals surface area contributed by atoms with E-state index in [4.69, 9.17) is 9.47 Å². The van der Waals surface area contributed by atoms with Crippen molar-refractivity contribution in [1.29, 1.82) is 0 Å². The molecule has 0 aliphatic heterocycles. The van der Waals surface area contributed by atoms with Crippen LogP contribution in [0.25, 0.3) is 0 Å².